The zero-order chi connectivity index (χ0) is 18.8. The van der Waals surface area contributed by atoms with Gasteiger partial charge in [0.1, 0.15) is 0 Å². The van der Waals surface area contributed by atoms with Gasteiger partial charge in [0.05, 0.1) is 12.6 Å². The van der Waals surface area contributed by atoms with Crippen LogP contribution in [0.3, 0.4) is 0 Å². The molecule has 1 aliphatic rings. The first-order chi connectivity index (χ1) is 13.1. The summed E-state index contributed by atoms with van der Waals surface area (Å²) in [6.45, 7) is 3.14. The van der Waals surface area contributed by atoms with Gasteiger partial charge in [0.25, 0.3) is 0 Å². The van der Waals surface area contributed by atoms with Crippen LogP contribution >= 0.6 is 0 Å². The van der Waals surface area contributed by atoms with Crippen molar-refractivity contribution in [3.05, 3.63) is 71.1 Å². The smallest absolute Gasteiger partial charge is 0.241 e. The predicted molar refractivity (Wildman–Crippen MR) is 101 cm³/mol. The van der Waals surface area contributed by atoms with Gasteiger partial charge in [-0.15, -0.1) is 0 Å². The summed E-state index contributed by atoms with van der Waals surface area (Å²) >= 11 is 0. The molecule has 1 atom stereocenters. The summed E-state index contributed by atoms with van der Waals surface area (Å²) in [5.74, 6) is 0.704. The van der Waals surface area contributed by atoms with E-state index in [9.17, 15) is 4.79 Å². The molecule has 0 radical (unpaired) electrons. The first-order valence-corrected chi connectivity index (χ1v) is 9.16. The lowest BCUT2D eigenvalue weighted by molar-refractivity contribution is -0.124. The SMILES string of the molecule is CCc1ccc(-c2noc(CN3Cc4ccccc4C[C@@H]3C(N)=O)n2)cc1. The fourth-order valence-corrected chi connectivity index (χ4v) is 3.52. The molecule has 0 saturated heterocycles. The van der Waals surface area contributed by atoms with E-state index in [1.54, 1.807) is 0 Å². The second-order valence-electron chi connectivity index (χ2n) is 6.86. The van der Waals surface area contributed by atoms with Crippen molar-refractivity contribution in [2.45, 2.75) is 38.9 Å². The van der Waals surface area contributed by atoms with E-state index in [0.717, 1.165) is 12.0 Å². The van der Waals surface area contributed by atoms with Crippen molar-refractivity contribution in [3.63, 3.8) is 0 Å². The molecule has 4 rings (SSSR count). The fourth-order valence-electron chi connectivity index (χ4n) is 3.52. The van der Waals surface area contributed by atoms with E-state index in [0.29, 0.717) is 31.2 Å². The zero-order valence-corrected chi connectivity index (χ0v) is 15.3. The van der Waals surface area contributed by atoms with Gasteiger partial charge >= 0.3 is 0 Å². The lowest BCUT2D eigenvalue weighted by atomic mass is 9.93. The van der Waals surface area contributed by atoms with Crippen LogP contribution in [0.15, 0.2) is 53.1 Å². The number of hydrogen-bond donors (Lipinski definition) is 1. The van der Waals surface area contributed by atoms with E-state index in [4.69, 9.17) is 10.3 Å². The van der Waals surface area contributed by atoms with E-state index in [1.165, 1.54) is 16.7 Å². The molecular weight excluding hydrogens is 340 g/mol. The Morgan fingerprint density at radius 1 is 1.19 bits per heavy atom. The molecule has 6 nitrogen and oxygen atoms in total. The maximum absolute atomic E-state index is 12.0. The van der Waals surface area contributed by atoms with Gasteiger partial charge in [-0.05, 0) is 29.5 Å². The lowest BCUT2D eigenvalue weighted by Crippen LogP contribution is -2.48. The van der Waals surface area contributed by atoms with Crippen LogP contribution < -0.4 is 5.73 Å². The molecule has 1 aromatic heterocycles. The van der Waals surface area contributed by atoms with Crippen molar-refractivity contribution in [3.8, 4) is 11.4 Å². The van der Waals surface area contributed by atoms with E-state index >= 15 is 0 Å². The average Bonchev–Trinajstić information content (AvgIpc) is 3.16. The molecule has 0 saturated carbocycles. The Labute approximate surface area is 158 Å². The van der Waals surface area contributed by atoms with Crippen molar-refractivity contribution >= 4 is 5.91 Å². The number of rotatable bonds is 5. The quantitative estimate of drug-likeness (QED) is 0.754. The van der Waals surface area contributed by atoms with Crippen LogP contribution in [0, 0.1) is 0 Å². The minimum absolute atomic E-state index is 0.334. The number of carbonyl (C=O) groups excluding carboxylic acids is 1. The van der Waals surface area contributed by atoms with Crippen LogP contribution in [0.4, 0.5) is 0 Å². The van der Waals surface area contributed by atoms with Crippen LogP contribution in [0.1, 0.15) is 29.5 Å². The number of amides is 1. The number of nitrogens with two attached hydrogens (primary N) is 1. The average molecular weight is 362 g/mol. The van der Waals surface area contributed by atoms with E-state index in [2.05, 4.69) is 35.3 Å². The summed E-state index contributed by atoms with van der Waals surface area (Å²) in [6.07, 6.45) is 1.59. The molecule has 2 heterocycles. The molecule has 138 valence electrons. The maximum atomic E-state index is 12.0. The predicted octanol–water partition coefficient (Wildman–Crippen LogP) is 2.71. The number of benzene rings is 2. The molecule has 6 heteroatoms. The standard InChI is InChI=1S/C21H22N4O2/c1-2-14-7-9-15(10-8-14)21-23-19(27-24-21)13-25-12-17-6-4-3-5-16(17)11-18(25)20(22)26/h3-10,18H,2,11-13H2,1H3,(H2,22,26)/t18-/m1/s1. The summed E-state index contributed by atoms with van der Waals surface area (Å²) in [7, 11) is 0. The third-order valence-corrected chi connectivity index (χ3v) is 5.10. The van der Waals surface area contributed by atoms with Gasteiger partial charge in [-0.25, -0.2) is 0 Å². The molecule has 0 unspecified atom stereocenters. The normalized spacial score (nSPS) is 16.9. The third kappa shape index (κ3) is 3.61. The topological polar surface area (TPSA) is 85.3 Å². The maximum Gasteiger partial charge on any atom is 0.241 e. The number of carbonyl (C=O) groups is 1. The van der Waals surface area contributed by atoms with Crippen molar-refractivity contribution in [1.82, 2.24) is 15.0 Å². The highest BCUT2D eigenvalue weighted by molar-refractivity contribution is 5.80. The Hall–Kier alpha value is -2.99. The highest BCUT2D eigenvalue weighted by Crippen LogP contribution is 2.25. The molecule has 0 spiro atoms. The van der Waals surface area contributed by atoms with Crippen LogP contribution in [0.2, 0.25) is 0 Å². The second kappa shape index (κ2) is 7.32. The van der Waals surface area contributed by atoms with Crippen molar-refractivity contribution in [2.75, 3.05) is 0 Å². The lowest BCUT2D eigenvalue weighted by Gasteiger charge is -2.33. The van der Waals surface area contributed by atoms with Crippen LogP contribution in [-0.4, -0.2) is 27.0 Å². The van der Waals surface area contributed by atoms with Gasteiger partial charge < -0.3 is 10.3 Å². The van der Waals surface area contributed by atoms with Gasteiger partial charge in [0.2, 0.25) is 17.6 Å². The first kappa shape index (κ1) is 17.4. The van der Waals surface area contributed by atoms with E-state index in [1.807, 2.05) is 35.2 Å². The van der Waals surface area contributed by atoms with Crippen LogP contribution in [0.25, 0.3) is 11.4 Å². The Morgan fingerprint density at radius 3 is 2.63 bits per heavy atom. The van der Waals surface area contributed by atoms with Gasteiger partial charge in [0, 0.05) is 12.1 Å². The molecule has 27 heavy (non-hydrogen) atoms. The Kier molecular flexibility index (Phi) is 4.73. The largest absolute Gasteiger partial charge is 0.368 e. The molecule has 2 N–H and O–H groups in total. The minimum atomic E-state index is -0.376. The van der Waals surface area contributed by atoms with Crippen LogP contribution in [-0.2, 0) is 30.7 Å². The van der Waals surface area contributed by atoms with Gasteiger partial charge in [-0.2, -0.15) is 4.98 Å². The Bertz CT molecular complexity index is 949. The van der Waals surface area contributed by atoms with Gasteiger partial charge in [-0.3, -0.25) is 9.69 Å². The van der Waals surface area contributed by atoms with E-state index in [-0.39, 0.29) is 11.9 Å². The number of hydrogen-bond acceptors (Lipinski definition) is 5. The number of primary amides is 1. The number of aryl methyl sites for hydroxylation is 1. The first-order valence-electron chi connectivity index (χ1n) is 9.16. The fraction of sp³-hybridized carbons (Fsp3) is 0.286. The molecule has 0 aliphatic carbocycles. The second-order valence-corrected chi connectivity index (χ2v) is 6.86. The molecular formula is C21H22N4O2. The number of aromatic nitrogens is 2. The van der Waals surface area contributed by atoms with E-state index < -0.39 is 0 Å². The highest BCUT2D eigenvalue weighted by Gasteiger charge is 2.31. The van der Waals surface area contributed by atoms with Gasteiger partial charge in [-0.1, -0.05) is 60.6 Å². The summed E-state index contributed by atoms with van der Waals surface area (Å²) in [5, 5.41) is 4.09. The molecule has 0 fully saturated rings. The Morgan fingerprint density at radius 2 is 1.93 bits per heavy atom. The summed E-state index contributed by atoms with van der Waals surface area (Å²) in [4.78, 5) is 18.5. The molecule has 1 aliphatic heterocycles. The minimum Gasteiger partial charge on any atom is -0.368 e. The van der Waals surface area contributed by atoms with Crippen molar-refractivity contribution < 1.29 is 9.32 Å². The molecule has 3 aromatic rings. The summed E-state index contributed by atoms with van der Waals surface area (Å²) < 4.78 is 5.44. The monoisotopic (exact) mass is 362 g/mol. The summed E-state index contributed by atoms with van der Waals surface area (Å²) in [5.41, 5.74) is 10.2. The van der Waals surface area contributed by atoms with Gasteiger partial charge in [0.15, 0.2) is 0 Å². The Balaban J connectivity index is 1.54. The highest BCUT2D eigenvalue weighted by atomic mass is 16.5. The van der Waals surface area contributed by atoms with Crippen molar-refractivity contribution in [2.24, 2.45) is 5.73 Å². The number of nitrogens with zero attached hydrogens (tertiary/aromatic N) is 3. The van der Waals surface area contributed by atoms with Crippen molar-refractivity contribution in [1.29, 1.82) is 0 Å². The molecule has 0 bridgehead atoms. The van der Waals surface area contributed by atoms with Crippen LogP contribution in [0.5, 0.6) is 0 Å². The molecule has 2 aromatic carbocycles. The summed E-state index contributed by atoms with van der Waals surface area (Å²) in [6, 6.07) is 15.9. The third-order valence-electron chi connectivity index (χ3n) is 5.10. The number of fused-ring (bicyclic) bond motifs is 1. The zero-order valence-electron chi connectivity index (χ0n) is 15.3. The molecule has 1 amide bonds.